The molecule has 5 unspecified atom stereocenters. The predicted molar refractivity (Wildman–Crippen MR) is 124 cm³/mol. The van der Waals surface area contributed by atoms with Crippen LogP contribution >= 0.6 is 0 Å². The van der Waals surface area contributed by atoms with E-state index >= 15 is 0 Å². The van der Waals surface area contributed by atoms with Crippen molar-refractivity contribution >= 4 is 0 Å². The quantitative estimate of drug-likeness (QED) is 0.401. The number of hydrogen-bond donors (Lipinski definition) is 0. The van der Waals surface area contributed by atoms with Crippen molar-refractivity contribution in [1.82, 2.24) is 0 Å². The topological polar surface area (TPSA) is 0 Å². The highest BCUT2D eigenvalue weighted by atomic mass is 14.4. The Morgan fingerprint density at radius 3 is 2.21 bits per heavy atom. The first-order chi connectivity index (χ1) is 13.6. The van der Waals surface area contributed by atoms with Gasteiger partial charge in [0.2, 0.25) is 0 Å². The van der Waals surface area contributed by atoms with E-state index in [-0.39, 0.29) is 0 Å². The Balaban J connectivity index is 1.56. The Kier molecular flexibility index (Phi) is 8.73. The molecule has 0 aromatic rings. The van der Waals surface area contributed by atoms with Crippen LogP contribution in [0.15, 0.2) is 23.8 Å². The first-order valence-electron chi connectivity index (χ1n) is 13.0. The Labute approximate surface area is 176 Å². The van der Waals surface area contributed by atoms with E-state index in [0.717, 1.165) is 41.4 Å². The number of allylic oxidation sites excluding steroid dienone is 4. The maximum atomic E-state index is 2.69. The lowest BCUT2D eigenvalue weighted by Crippen LogP contribution is -2.28. The van der Waals surface area contributed by atoms with Crippen molar-refractivity contribution < 1.29 is 0 Å². The van der Waals surface area contributed by atoms with Gasteiger partial charge in [-0.1, -0.05) is 83.1 Å². The largest absolute Gasteiger partial charge is 0.0879 e. The molecule has 3 aliphatic rings. The zero-order valence-electron chi connectivity index (χ0n) is 19.5. The molecule has 0 amide bonds. The molecule has 3 rings (SSSR count). The summed E-state index contributed by atoms with van der Waals surface area (Å²) >= 11 is 0. The second kappa shape index (κ2) is 11.0. The average Bonchev–Trinajstić information content (AvgIpc) is 2.74. The summed E-state index contributed by atoms with van der Waals surface area (Å²) in [6.07, 6.45) is 26.6. The summed E-state index contributed by atoms with van der Waals surface area (Å²) in [5, 5.41) is 0. The highest BCUT2D eigenvalue weighted by molar-refractivity contribution is 5.14. The summed E-state index contributed by atoms with van der Waals surface area (Å²) in [6, 6.07) is 0. The van der Waals surface area contributed by atoms with Crippen LogP contribution in [-0.4, -0.2) is 0 Å². The van der Waals surface area contributed by atoms with Crippen molar-refractivity contribution in [2.45, 2.75) is 111 Å². The second-order valence-electron chi connectivity index (χ2n) is 10.7. The van der Waals surface area contributed by atoms with Gasteiger partial charge in [0.1, 0.15) is 0 Å². The van der Waals surface area contributed by atoms with Crippen molar-refractivity contribution in [2.24, 2.45) is 41.4 Å². The van der Waals surface area contributed by atoms with E-state index in [4.69, 9.17) is 0 Å². The first kappa shape index (κ1) is 22.2. The third-order valence-electron chi connectivity index (χ3n) is 8.89. The molecule has 0 bridgehead atoms. The maximum absolute atomic E-state index is 2.69. The Hall–Kier alpha value is -0.520. The Morgan fingerprint density at radius 1 is 0.786 bits per heavy atom. The van der Waals surface area contributed by atoms with Crippen LogP contribution in [0.25, 0.3) is 0 Å². The molecule has 0 saturated heterocycles. The summed E-state index contributed by atoms with van der Waals surface area (Å²) in [5.74, 6) is 6.40. The fourth-order valence-electron chi connectivity index (χ4n) is 6.89. The molecule has 0 aromatic carbocycles. The van der Waals surface area contributed by atoms with Gasteiger partial charge in [0, 0.05) is 0 Å². The number of hydrogen-bond acceptors (Lipinski definition) is 0. The minimum atomic E-state index is 0.854. The Morgan fingerprint density at radius 2 is 1.54 bits per heavy atom. The predicted octanol–water partition coefficient (Wildman–Crippen LogP) is 8.97. The summed E-state index contributed by atoms with van der Waals surface area (Å²) in [6.45, 7) is 9.61. The summed E-state index contributed by atoms with van der Waals surface area (Å²) in [4.78, 5) is 0. The molecule has 0 aliphatic heterocycles. The van der Waals surface area contributed by atoms with E-state index in [9.17, 15) is 0 Å². The van der Waals surface area contributed by atoms with E-state index < -0.39 is 0 Å². The molecule has 0 aromatic heterocycles. The molecule has 3 aliphatic carbocycles. The standard InChI is InChI=1S/C28H48/c1-5-22-9-8-10-23(19-22)13-16-25-17-18-27(20-24(25)6-2)28(7-3)26-14-11-21(4)12-15-26/h7,13,16,21-27H,5-6,8-12,14-15,17-20H2,1-4H3/b16-13+,28-7+. The van der Waals surface area contributed by atoms with Gasteiger partial charge in [-0.3, -0.25) is 0 Å². The molecule has 3 saturated carbocycles. The Bertz CT molecular complexity index is 504. The van der Waals surface area contributed by atoms with Crippen LogP contribution in [0.2, 0.25) is 0 Å². The van der Waals surface area contributed by atoms with E-state index in [0.29, 0.717) is 0 Å². The van der Waals surface area contributed by atoms with Crippen molar-refractivity contribution in [3.05, 3.63) is 23.8 Å². The summed E-state index contributed by atoms with van der Waals surface area (Å²) < 4.78 is 0. The monoisotopic (exact) mass is 384 g/mol. The van der Waals surface area contributed by atoms with E-state index in [2.05, 4.69) is 45.9 Å². The van der Waals surface area contributed by atoms with Crippen molar-refractivity contribution in [2.75, 3.05) is 0 Å². The molecule has 0 nitrogen and oxygen atoms in total. The van der Waals surface area contributed by atoms with Crippen molar-refractivity contribution in [1.29, 1.82) is 0 Å². The van der Waals surface area contributed by atoms with Gasteiger partial charge in [0.05, 0.1) is 0 Å². The van der Waals surface area contributed by atoms with Crippen LogP contribution in [0.5, 0.6) is 0 Å². The lowest BCUT2D eigenvalue weighted by Gasteiger charge is -2.39. The van der Waals surface area contributed by atoms with Gasteiger partial charge in [0.15, 0.2) is 0 Å². The second-order valence-corrected chi connectivity index (χ2v) is 10.7. The molecule has 28 heavy (non-hydrogen) atoms. The van der Waals surface area contributed by atoms with Gasteiger partial charge in [-0.15, -0.1) is 0 Å². The first-order valence-corrected chi connectivity index (χ1v) is 13.0. The normalized spacial score (nSPS) is 40.7. The third-order valence-corrected chi connectivity index (χ3v) is 8.89. The minimum absolute atomic E-state index is 0.854. The molecule has 160 valence electrons. The third kappa shape index (κ3) is 5.76. The molecule has 0 N–H and O–H groups in total. The van der Waals surface area contributed by atoms with Crippen LogP contribution in [0.3, 0.4) is 0 Å². The van der Waals surface area contributed by atoms with Crippen molar-refractivity contribution in [3.63, 3.8) is 0 Å². The van der Waals surface area contributed by atoms with Crippen LogP contribution in [0.4, 0.5) is 0 Å². The van der Waals surface area contributed by atoms with Crippen LogP contribution in [0.1, 0.15) is 111 Å². The minimum Gasteiger partial charge on any atom is -0.0879 e. The highest BCUT2D eigenvalue weighted by Crippen LogP contribution is 2.45. The van der Waals surface area contributed by atoms with Gasteiger partial charge in [0.25, 0.3) is 0 Å². The average molecular weight is 385 g/mol. The zero-order chi connectivity index (χ0) is 19.9. The zero-order valence-corrected chi connectivity index (χ0v) is 19.5. The molecular formula is C28H48. The molecular weight excluding hydrogens is 336 g/mol. The van der Waals surface area contributed by atoms with Crippen LogP contribution in [-0.2, 0) is 0 Å². The van der Waals surface area contributed by atoms with Gasteiger partial charge < -0.3 is 0 Å². The molecule has 0 radical (unpaired) electrons. The lowest BCUT2D eigenvalue weighted by molar-refractivity contribution is 0.207. The number of rotatable bonds is 6. The highest BCUT2D eigenvalue weighted by Gasteiger charge is 2.33. The van der Waals surface area contributed by atoms with Crippen LogP contribution < -0.4 is 0 Å². The molecule has 0 spiro atoms. The van der Waals surface area contributed by atoms with Gasteiger partial charge in [-0.05, 0) is 93.3 Å². The van der Waals surface area contributed by atoms with E-state index in [1.807, 2.05) is 5.57 Å². The van der Waals surface area contributed by atoms with Crippen LogP contribution in [0, 0.1) is 41.4 Å². The van der Waals surface area contributed by atoms with Crippen molar-refractivity contribution in [3.8, 4) is 0 Å². The van der Waals surface area contributed by atoms with Gasteiger partial charge >= 0.3 is 0 Å². The fourth-order valence-corrected chi connectivity index (χ4v) is 6.89. The van der Waals surface area contributed by atoms with Gasteiger partial charge in [-0.25, -0.2) is 0 Å². The summed E-state index contributed by atoms with van der Waals surface area (Å²) in [5.41, 5.74) is 1.85. The molecule has 0 heteroatoms. The summed E-state index contributed by atoms with van der Waals surface area (Å²) in [7, 11) is 0. The molecule has 5 atom stereocenters. The van der Waals surface area contributed by atoms with E-state index in [1.54, 1.807) is 0 Å². The van der Waals surface area contributed by atoms with E-state index in [1.165, 1.54) is 83.5 Å². The SMILES string of the molecule is C/C=C(\C1CCC(C)CC1)C1CCC(/C=C/C2CCCC(CC)C2)C(CC)C1. The smallest absolute Gasteiger partial charge is 0.0198 e. The molecule has 3 fully saturated rings. The van der Waals surface area contributed by atoms with Gasteiger partial charge in [-0.2, -0.15) is 0 Å². The molecule has 0 heterocycles. The maximum Gasteiger partial charge on any atom is -0.0198 e. The fraction of sp³-hybridized carbons (Fsp3) is 0.857. The lowest BCUT2D eigenvalue weighted by atomic mass is 9.66.